The fourth-order valence-corrected chi connectivity index (χ4v) is 3.53. The van der Waals surface area contributed by atoms with Crippen LogP contribution in [0.2, 0.25) is 0 Å². The largest absolute Gasteiger partial charge is 0.494 e. The molecular formula is C19H19FN6O2. The molecule has 0 aliphatic carbocycles. The molecule has 0 saturated carbocycles. The monoisotopic (exact) mass is 382 g/mol. The van der Waals surface area contributed by atoms with E-state index >= 15 is 0 Å². The van der Waals surface area contributed by atoms with Crippen LogP contribution in [0.4, 0.5) is 10.2 Å². The molecule has 3 aromatic rings. The molecule has 0 unspecified atom stereocenters. The van der Waals surface area contributed by atoms with Crippen LogP contribution in [0.3, 0.4) is 0 Å². The van der Waals surface area contributed by atoms with Crippen molar-refractivity contribution in [3.05, 3.63) is 43.0 Å². The van der Waals surface area contributed by atoms with Gasteiger partial charge in [0.15, 0.2) is 17.2 Å². The molecule has 144 valence electrons. The first-order valence-corrected chi connectivity index (χ1v) is 8.77. The summed E-state index contributed by atoms with van der Waals surface area (Å²) in [6.07, 6.45) is 3.42. The number of methoxy groups -OCH3 is 1. The first-order valence-electron chi connectivity index (χ1n) is 8.77. The highest BCUT2D eigenvalue weighted by Crippen LogP contribution is 2.35. The normalized spacial score (nSPS) is 16.5. The Hall–Kier alpha value is -3.49. The van der Waals surface area contributed by atoms with Crippen LogP contribution in [-0.4, -0.2) is 50.8 Å². The summed E-state index contributed by atoms with van der Waals surface area (Å²) in [5, 5.41) is 5.31. The lowest BCUT2D eigenvalue weighted by Crippen LogP contribution is -2.27. The van der Waals surface area contributed by atoms with Gasteiger partial charge in [-0.05, 0) is 30.7 Å². The summed E-state index contributed by atoms with van der Waals surface area (Å²) in [4.78, 5) is 22.1. The quantitative estimate of drug-likeness (QED) is 0.695. The maximum atomic E-state index is 13.8. The highest BCUT2D eigenvalue weighted by molar-refractivity contribution is 5.98. The van der Waals surface area contributed by atoms with Crippen LogP contribution in [0.1, 0.15) is 12.5 Å². The zero-order valence-corrected chi connectivity index (χ0v) is 15.3. The number of halogens is 1. The number of hydrogen-bond acceptors (Lipinski definition) is 6. The number of nitrogen functional groups attached to an aromatic ring is 1. The molecule has 4 rings (SSSR count). The van der Waals surface area contributed by atoms with Gasteiger partial charge in [-0.25, -0.2) is 19.0 Å². The van der Waals surface area contributed by atoms with Gasteiger partial charge in [0, 0.05) is 18.7 Å². The Kier molecular flexibility index (Phi) is 4.42. The number of rotatable bonds is 4. The minimum absolute atomic E-state index is 0.0585. The smallest absolute Gasteiger partial charge is 0.246 e. The summed E-state index contributed by atoms with van der Waals surface area (Å²) in [6.45, 7) is 4.64. The van der Waals surface area contributed by atoms with Crippen molar-refractivity contribution in [1.82, 2.24) is 24.6 Å². The Labute approximate surface area is 160 Å². The predicted molar refractivity (Wildman–Crippen MR) is 102 cm³/mol. The predicted octanol–water partition coefficient (Wildman–Crippen LogP) is 2.18. The zero-order valence-electron chi connectivity index (χ0n) is 15.3. The summed E-state index contributed by atoms with van der Waals surface area (Å²) >= 11 is 0. The van der Waals surface area contributed by atoms with E-state index < -0.39 is 5.82 Å². The molecule has 0 spiro atoms. The molecule has 1 aromatic carbocycles. The van der Waals surface area contributed by atoms with Crippen LogP contribution < -0.4 is 10.5 Å². The summed E-state index contributed by atoms with van der Waals surface area (Å²) in [6, 6.07) is 4.44. The number of aromatic nitrogens is 4. The van der Waals surface area contributed by atoms with Gasteiger partial charge in [-0.1, -0.05) is 6.58 Å². The van der Waals surface area contributed by atoms with E-state index in [0.717, 1.165) is 6.42 Å². The topological polar surface area (TPSA) is 99.2 Å². The van der Waals surface area contributed by atoms with Gasteiger partial charge in [0.2, 0.25) is 5.91 Å². The lowest BCUT2D eigenvalue weighted by molar-refractivity contribution is -0.125. The molecule has 1 aliphatic rings. The number of carbonyl (C=O) groups excluding carboxylic acids is 1. The van der Waals surface area contributed by atoms with E-state index in [1.54, 1.807) is 21.7 Å². The third-order valence-corrected chi connectivity index (χ3v) is 4.94. The lowest BCUT2D eigenvalue weighted by Gasteiger charge is -2.14. The molecular weight excluding hydrogens is 363 g/mol. The van der Waals surface area contributed by atoms with Crippen molar-refractivity contribution < 1.29 is 13.9 Å². The number of nitrogens with two attached hydrogens (primary N) is 1. The Bertz CT molecular complexity index is 1080. The average Bonchev–Trinajstić information content (AvgIpc) is 3.33. The van der Waals surface area contributed by atoms with E-state index in [-0.39, 0.29) is 23.5 Å². The van der Waals surface area contributed by atoms with Crippen molar-refractivity contribution in [3.63, 3.8) is 0 Å². The van der Waals surface area contributed by atoms with Gasteiger partial charge in [0.05, 0.1) is 18.5 Å². The second-order valence-electron chi connectivity index (χ2n) is 6.53. The van der Waals surface area contributed by atoms with Crippen LogP contribution in [0.25, 0.3) is 22.3 Å². The molecule has 1 fully saturated rings. The standard InChI is InChI=1S/C19H19FN6O2/c1-3-15(27)25-7-6-12(9-25)26-19-16(18(21)22-10-23-19)17(24-26)11-4-5-13(20)14(8-11)28-2/h3-5,8,10,12H,1,6-7,9H2,2H3,(H2,21,22,23)/t12-/m1/s1. The van der Waals surface area contributed by atoms with Crippen molar-refractivity contribution in [1.29, 1.82) is 0 Å². The fourth-order valence-electron chi connectivity index (χ4n) is 3.53. The van der Waals surface area contributed by atoms with E-state index in [9.17, 15) is 9.18 Å². The van der Waals surface area contributed by atoms with E-state index in [4.69, 9.17) is 15.6 Å². The first kappa shape index (κ1) is 17.9. The second-order valence-corrected chi connectivity index (χ2v) is 6.53. The molecule has 1 saturated heterocycles. The van der Waals surface area contributed by atoms with Crippen molar-refractivity contribution >= 4 is 22.8 Å². The Morgan fingerprint density at radius 2 is 2.25 bits per heavy atom. The third-order valence-electron chi connectivity index (χ3n) is 4.94. The summed E-state index contributed by atoms with van der Waals surface area (Å²) < 4.78 is 20.7. The molecule has 2 N–H and O–H groups in total. The van der Waals surface area contributed by atoms with Crippen LogP contribution in [0, 0.1) is 5.82 Å². The SMILES string of the molecule is C=CC(=O)N1CC[C@@H](n2nc(-c3ccc(F)c(OC)c3)c3c(N)ncnc32)C1. The van der Waals surface area contributed by atoms with E-state index in [0.29, 0.717) is 35.4 Å². The van der Waals surface area contributed by atoms with Crippen LogP contribution >= 0.6 is 0 Å². The highest BCUT2D eigenvalue weighted by atomic mass is 19.1. The molecule has 0 radical (unpaired) electrons. The van der Waals surface area contributed by atoms with Gasteiger partial charge in [-0.2, -0.15) is 5.10 Å². The summed E-state index contributed by atoms with van der Waals surface area (Å²) in [7, 11) is 1.40. The minimum atomic E-state index is -0.464. The molecule has 1 amide bonds. The first-order chi connectivity index (χ1) is 13.5. The minimum Gasteiger partial charge on any atom is -0.494 e. The number of carbonyl (C=O) groups is 1. The fraction of sp³-hybridized carbons (Fsp3) is 0.263. The average molecular weight is 382 g/mol. The maximum Gasteiger partial charge on any atom is 0.246 e. The van der Waals surface area contributed by atoms with Crippen molar-refractivity contribution in [2.45, 2.75) is 12.5 Å². The van der Waals surface area contributed by atoms with E-state index in [1.807, 2.05) is 0 Å². The Morgan fingerprint density at radius 1 is 1.43 bits per heavy atom. The molecule has 3 heterocycles. The van der Waals surface area contributed by atoms with Crippen LogP contribution in [-0.2, 0) is 4.79 Å². The highest BCUT2D eigenvalue weighted by Gasteiger charge is 2.30. The molecule has 8 nitrogen and oxygen atoms in total. The van der Waals surface area contributed by atoms with Gasteiger partial charge < -0.3 is 15.4 Å². The summed E-state index contributed by atoms with van der Waals surface area (Å²) in [5.41, 5.74) is 7.87. The molecule has 1 aliphatic heterocycles. The van der Waals surface area contributed by atoms with Crippen LogP contribution in [0.5, 0.6) is 5.75 Å². The summed E-state index contributed by atoms with van der Waals surface area (Å²) in [5.74, 6) is -0.184. The molecule has 0 bridgehead atoms. The number of hydrogen-bond donors (Lipinski definition) is 1. The van der Waals surface area contributed by atoms with Gasteiger partial charge in [-0.15, -0.1) is 0 Å². The van der Waals surface area contributed by atoms with Crippen molar-refractivity contribution in [3.8, 4) is 17.0 Å². The number of ether oxygens (including phenoxy) is 1. The molecule has 9 heteroatoms. The second kappa shape index (κ2) is 6.91. The zero-order chi connectivity index (χ0) is 19.8. The molecule has 28 heavy (non-hydrogen) atoms. The molecule has 1 atom stereocenters. The number of amides is 1. The number of fused-ring (bicyclic) bond motifs is 1. The Morgan fingerprint density at radius 3 is 3.00 bits per heavy atom. The van der Waals surface area contributed by atoms with Crippen LogP contribution in [0.15, 0.2) is 37.2 Å². The van der Waals surface area contributed by atoms with Gasteiger partial charge >= 0.3 is 0 Å². The van der Waals surface area contributed by atoms with Crippen molar-refractivity contribution in [2.24, 2.45) is 0 Å². The molecule has 2 aromatic heterocycles. The van der Waals surface area contributed by atoms with Crippen molar-refractivity contribution in [2.75, 3.05) is 25.9 Å². The van der Waals surface area contributed by atoms with Gasteiger partial charge in [-0.3, -0.25) is 4.79 Å². The number of anilines is 1. The number of likely N-dealkylation sites (tertiary alicyclic amines) is 1. The maximum absolute atomic E-state index is 13.8. The van der Waals surface area contributed by atoms with Gasteiger partial charge in [0.1, 0.15) is 17.8 Å². The Balaban J connectivity index is 1.83. The lowest BCUT2D eigenvalue weighted by atomic mass is 10.1. The number of nitrogens with zero attached hydrogens (tertiary/aromatic N) is 5. The van der Waals surface area contributed by atoms with E-state index in [1.165, 1.54) is 25.6 Å². The van der Waals surface area contributed by atoms with Gasteiger partial charge in [0.25, 0.3) is 0 Å². The number of benzene rings is 1. The third kappa shape index (κ3) is 2.84. The van der Waals surface area contributed by atoms with E-state index in [2.05, 4.69) is 16.5 Å².